The highest BCUT2D eigenvalue weighted by Crippen LogP contribution is 2.28. The summed E-state index contributed by atoms with van der Waals surface area (Å²) in [5, 5.41) is 12.7. The molecule has 0 unspecified atom stereocenters. The van der Waals surface area contributed by atoms with Crippen LogP contribution in [0, 0.1) is 0 Å². The van der Waals surface area contributed by atoms with Gasteiger partial charge in [0, 0.05) is 5.69 Å². The van der Waals surface area contributed by atoms with Crippen LogP contribution in [0.5, 0.6) is 5.75 Å². The largest absolute Gasteiger partial charge is 0.495 e. The lowest BCUT2D eigenvalue weighted by molar-refractivity contribution is 0.102. The van der Waals surface area contributed by atoms with Crippen LogP contribution in [0.4, 0.5) is 5.69 Å². The van der Waals surface area contributed by atoms with Gasteiger partial charge in [0.1, 0.15) is 16.8 Å². The monoisotopic (exact) mass is 446 g/mol. The van der Waals surface area contributed by atoms with E-state index in [0.29, 0.717) is 38.2 Å². The minimum absolute atomic E-state index is 0.204. The molecule has 4 rings (SSSR count). The zero-order valence-electron chi connectivity index (χ0n) is 15.0. The van der Waals surface area contributed by atoms with Crippen LogP contribution >= 0.6 is 34.8 Å². The molecule has 0 fully saturated rings. The second-order valence-electron chi connectivity index (χ2n) is 6.07. The van der Waals surface area contributed by atoms with Gasteiger partial charge in [-0.05, 0) is 48.5 Å². The predicted octanol–water partition coefficient (Wildman–Crippen LogP) is 5.64. The summed E-state index contributed by atoms with van der Waals surface area (Å²) in [7, 11) is 1.55. The second-order valence-corrected chi connectivity index (χ2v) is 7.26. The summed E-state index contributed by atoms with van der Waals surface area (Å²) in [6.07, 6.45) is 0. The second kappa shape index (κ2) is 7.91. The fourth-order valence-corrected chi connectivity index (χ4v) is 3.40. The van der Waals surface area contributed by atoms with Gasteiger partial charge in [-0.3, -0.25) is 4.79 Å². The van der Waals surface area contributed by atoms with Crippen molar-refractivity contribution in [1.29, 1.82) is 0 Å². The summed E-state index contributed by atoms with van der Waals surface area (Å²) >= 11 is 18.3. The molecule has 0 bridgehead atoms. The van der Waals surface area contributed by atoms with Crippen molar-refractivity contribution in [3.63, 3.8) is 0 Å². The maximum Gasteiger partial charge on any atom is 0.257 e. The fraction of sp³-hybridized carbons (Fsp3) is 0.0500. The van der Waals surface area contributed by atoms with E-state index in [2.05, 4.69) is 15.5 Å². The molecule has 0 aliphatic carbocycles. The van der Waals surface area contributed by atoms with Crippen LogP contribution in [0.15, 0.2) is 54.6 Å². The van der Waals surface area contributed by atoms with E-state index in [1.165, 1.54) is 4.80 Å². The van der Waals surface area contributed by atoms with Gasteiger partial charge in [-0.2, -0.15) is 4.80 Å². The first kappa shape index (κ1) is 19.5. The number of methoxy groups -OCH3 is 1. The quantitative estimate of drug-likeness (QED) is 0.439. The molecule has 6 nitrogen and oxygen atoms in total. The number of carbonyl (C=O) groups excluding carboxylic acids is 1. The first-order chi connectivity index (χ1) is 14.0. The topological polar surface area (TPSA) is 69.0 Å². The van der Waals surface area contributed by atoms with Crippen molar-refractivity contribution < 1.29 is 9.53 Å². The molecule has 0 saturated heterocycles. The summed E-state index contributed by atoms with van der Waals surface area (Å²) in [4.78, 5) is 14.0. The van der Waals surface area contributed by atoms with Crippen molar-refractivity contribution in [3.8, 4) is 11.4 Å². The molecule has 1 aromatic heterocycles. The Bertz CT molecular complexity index is 1240. The molecule has 1 N–H and O–H groups in total. The number of hydrogen-bond acceptors (Lipinski definition) is 4. The highest BCUT2D eigenvalue weighted by molar-refractivity contribution is 6.44. The molecule has 1 amide bonds. The zero-order valence-corrected chi connectivity index (χ0v) is 17.3. The van der Waals surface area contributed by atoms with Crippen LogP contribution < -0.4 is 10.1 Å². The number of carbonyl (C=O) groups is 1. The SMILES string of the molecule is COc1ccc(-n2nc3ccc(NC(=O)c4cccc(Cl)c4Cl)cc3n2)cc1Cl. The van der Waals surface area contributed by atoms with Crippen LogP contribution in [0.2, 0.25) is 15.1 Å². The summed E-state index contributed by atoms with van der Waals surface area (Å²) in [6, 6.07) is 15.4. The van der Waals surface area contributed by atoms with Gasteiger partial charge in [-0.1, -0.05) is 40.9 Å². The summed E-state index contributed by atoms with van der Waals surface area (Å²) in [5.41, 5.74) is 2.79. The molecule has 1 heterocycles. The lowest BCUT2D eigenvalue weighted by Gasteiger charge is -2.07. The van der Waals surface area contributed by atoms with E-state index in [4.69, 9.17) is 39.5 Å². The van der Waals surface area contributed by atoms with Crippen molar-refractivity contribution >= 4 is 57.4 Å². The Morgan fingerprint density at radius 2 is 1.76 bits per heavy atom. The molecule has 146 valence electrons. The van der Waals surface area contributed by atoms with Crippen LogP contribution in [-0.4, -0.2) is 28.0 Å². The maximum absolute atomic E-state index is 12.5. The van der Waals surface area contributed by atoms with E-state index in [-0.39, 0.29) is 16.5 Å². The standard InChI is InChI=1S/C20H13Cl3N4O2/c1-29-18-8-6-12(10-15(18)22)27-25-16-7-5-11(9-17(16)26-27)24-20(28)13-3-2-4-14(21)19(13)23/h2-10H,1H3,(H,24,28). The number of nitrogens with one attached hydrogen (secondary N) is 1. The van der Waals surface area contributed by atoms with Gasteiger partial charge in [-0.25, -0.2) is 0 Å². The van der Waals surface area contributed by atoms with Crippen LogP contribution in [0.3, 0.4) is 0 Å². The number of amides is 1. The van der Waals surface area contributed by atoms with Crippen LogP contribution in [0.25, 0.3) is 16.7 Å². The van der Waals surface area contributed by atoms with Crippen molar-refractivity contribution in [3.05, 3.63) is 75.2 Å². The van der Waals surface area contributed by atoms with E-state index < -0.39 is 0 Å². The smallest absolute Gasteiger partial charge is 0.257 e. The molecule has 0 atom stereocenters. The molecule has 4 aromatic rings. The minimum atomic E-state index is -0.369. The van der Waals surface area contributed by atoms with Gasteiger partial charge >= 0.3 is 0 Å². The number of ether oxygens (including phenoxy) is 1. The highest BCUT2D eigenvalue weighted by atomic mass is 35.5. The molecule has 3 aromatic carbocycles. The summed E-state index contributed by atoms with van der Waals surface area (Å²) < 4.78 is 5.16. The lowest BCUT2D eigenvalue weighted by atomic mass is 10.2. The number of hydrogen-bond donors (Lipinski definition) is 1. The third-order valence-electron chi connectivity index (χ3n) is 4.20. The maximum atomic E-state index is 12.5. The van der Waals surface area contributed by atoms with Gasteiger partial charge in [-0.15, -0.1) is 10.2 Å². The van der Waals surface area contributed by atoms with Gasteiger partial charge in [0.15, 0.2) is 0 Å². The average Bonchev–Trinajstić information content (AvgIpc) is 3.13. The third kappa shape index (κ3) is 3.87. The van der Waals surface area contributed by atoms with Crippen LogP contribution in [-0.2, 0) is 0 Å². The Balaban J connectivity index is 1.62. The Morgan fingerprint density at radius 1 is 0.966 bits per heavy atom. The van der Waals surface area contributed by atoms with E-state index in [9.17, 15) is 4.79 Å². The average molecular weight is 448 g/mol. The van der Waals surface area contributed by atoms with Gasteiger partial charge in [0.2, 0.25) is 0 Å². The molecule has 0 aliphatic rings. The first-order valence-electron chi connectivity index (χ1n) is 8.42. The summed E-state index contributed by atoms with van der Waals surface area (Å²) in [6.45, 7) is 0. The number of fused-ring (bicyclic) bond motifs is 1. The first-order valence-corrected chi connectivity index (χ1v) is 9.56. The predicted molar refractivity (Wildman–Crippen MR) is 115 cm³/mol. The fourth-order valence-electron chi connectivity index (χ4n) is 2.77. The summed E-state index contributed by atoms with van der Waals surface area (Å²) in [5.74, 6) is 0.197. The van der Waals surface area contributed by atoms with E-state index in [1.807, 2.05) is 0 Å². The Hall–Kier alpha value is -2.80. The lowest BCUT2D eigenvalue weighted by Crippen LogP contribution is -2.12. The Kier molecular flexibility index (Phi) is 5.32. The number of aromatic nitrogens is 3. The van der Waals surface area contributed by atoms with Gasteiger partial charge in [0.05, 0.1) is 33.4 Å². The van der Waals surface area contributed by atoms with E-state index in [0.717, 1.165) is 0 Å². The molecule has 0 saturated carbocycles. The third-order valence-corrected chi connectivity index (χ3v) is 5.32. The molecule has 0 spiro atoms. The van der Waals surface area contributed by atoms with Crippen molar-refractivity contribution in [1.82, 2.24) is 15.0 Å². The zero-order chi connectivity index (χ0) is 20.5. The molecule has 29 heavy (non-hydrogen) atoms. The molecular formula is C20H13Cl3N4O2. The minimum Gasteiger partial charge on any atom is -0.495 e. The van der Waals surface area contributed by atoms with Crippen molar-refractivity contribution in [2.24, 2.45) is 0 Å². The molecular weight excluding hydrogens is 435 g/mol. The number of rotatable bonds is 4. The van der Waals surface area contributed by atoms with Gasteiger partial charge < -0.3 is 10.1 Å². The number of anilines is 1. The van der Waals surface area contributed by atoms with Crippen LogP contribution in [0.1, 0.15) is 10.4 Å². The number of benzene rings is 3. The Labute approximate surface area is 180 Å². The van der Waals surface area contributed by atoms with Crippen molar-refractivity contribution in [2.45, 2.75) is 0 Å². The molecule has 0 radical (unpaired) electrons. The van der Waals surface area contributed by atoms with Gasteiger partial charge in [0.25, 0.3) is 5.91 Å². The van der Waals surface area contributed by atoms with E-state index >= 15 is 0 Å². The molecule has 0 aliphatic heterocycles. The highest BCUT2D eigenvalue weighted by Gasteiger charge is 2.14. The normalized spacial score (nSPS) is 10.9. The Morgan fingerprint density at radius 3 is 2.52 bits per heavy atom. The number of nitrogens with zero attached hydrogens (tertiary/aromatic N) is 3. The number of halogens is 3. The molecule has 9 heteroatoms. The van der Waals surface area contributed by atoms with Crippen molar-refractivity contribution in [2.75, 3.05) is 12.4 Å². The van der Waals surface area contributed by atoms with E-state index in [1.54, 1.807) is 61.7 Å².